The minimum atomic E-state index is 0.453. The van der Waals surface area contributed by atoms with Gasteiger partial charge in [0.15, 0.2) is 0 Å². The Kier molecular flexibility index (Phi) is 4.11. The molecule has 3 heteroatoms. The third-order valence-corrected chi connectivity index (χ3v) is 5.58. The third-order valence-electron chi connectivity index (χ3n) is 5.58. The number of amides is 1. The van der Waals surface area contributed by atoms with E-state index in [2.05, 4.69) is 16.8 Å². The fraction of sp³-hybridized carbons (Fsp3) is 0.938. The van der Waals surface area contributed by atoms with Crippen molar-refractivity contribution in [3.05, 3.63) is 0 Å². The molecule has 2 saturated heterocycles. The molecule has 2 atom stereocenters. The second kappa shape index (κ2) is 5.82. The van der Waals surface area contributed by atoms with E-state index >= 15 is 0 Å². The fourth-order valence-corrected chi connectivity index (χ4v) is 4.50. The van der Waals surface area contributed by atoms with E-state index in [1.54, 1.807) is 0 Å². The zero-order valence-corrected chi connectivity index (χ0v) is 12.3. The Bertz CT molecular complexity index is 325. The van der Waals surface area contributed by atoms with Gasteiger partial charge in [0, 0.05) is 25.0 Å². The minimum Gasteiger partial charge on any atom is -0.338 e. The van der Waals surface area contributed by atoms with E-state index in [-0.39, 0.29) is 0 Å². The summed E-state index contributed by atoms with van der Waals surface area (Å²) in [6.07, 6.45) is 11.1. The first-order valence-corrected chi connectivity index (χ1v) is 8.25. The van der Waals surface area contributed by atoms with Crippen LogP contribution in [0.25, 0.3) is 0 Å². The van der Waals surface area contributed by atoms with E-state index in [0.717, 1.165) is 13.0 Å². The molecule has 0 radical (unpaired) electrons. The van der Waals surface area contributed by atoms with Crippen molar-refractivity contribution in [2.75, 3.05) is 20.1 Å². The van der Waals surface area contributed by atoms with Gasteiger partial charge in [0.25, 0.3) is 0 Å². The van der Waals surface area contributed by atoms with Crippen LogP contribution in [-0.4, -0.2) is 47.9 Å². The standard InChI is InChI=1S/C16H28N2O/c1-17-10-4-8-14(17)15-9-5-11-18(15)16(19)12-13-6-2-3-7-13/h13-15H,2-12H2,1H3/t14-,15-/m0/s1. The van der Waals surface area contributed by atoms with Crippen LogP contribution >= 0.6 is 0 Å². The van der Waals surface area contributed by atoms with Gasteiger partial charge in [-0.1, -0.05) is 12.8 Å². The summed E-state index contributed by atoms with van der Waals surface area (Å²) in [5, 5.41) is 0. The molecule has 3 nitrogen and oxygen atoms in total. The molecule has 1 saturated carbocycles. The van der Waals surface area contributed by atoms with Gasteiger partial charge in [-0.15, -0.1) is 0 Å². The van der Waals surface area contributed by atoms with E-state index in [4.69, 9.17) is 0 Å². The van der Waals surface area contributed by atoms with Gasteiger partial charge in [-0.05, 0) is 58.0 Å². The first-order valence-electron chi connectivity index (χ1n) is 8.25. The highest BCUT2D eigenvalue weighted by Crippen LogP contribution is 2.32. The summed E-state index contributed by atoms with van der Waals surface area (Å²) in [6, 6.07) is 1.15. The van der Waals surface area contributed by atoms with Gasteiger partial charge >= 0.3 is 0 Å². The van der Waals surface area contributed by atoms with Crippen LogP contribution in [0, 0.1) is 5.92 Å². The smallest absolute Gasteiger partial charge is 0.223 e. The highest BCUT2D eigenvalue weighted by molar-refractivity contribution is 5.77. The number of likely N-dealkylation sites (tertiary alicyclic amines) is 2. The lowest BCUT2D eigenvalue weighted by molar-refractivity contribution is -0.134. The minimum absolute atomic E-state index is 0.453. The quantitative estimate of drug-likeness (QED) is 0.782. The van der Waals surface area contributed by atoms with Crippen molar-refractivity contribution >= 4 is 5.91 Å². The number of hydrogen-bond donors (Lipinski definition) is 0. The Labute approximate surface area is 117 Å². The summed E-state index contributed by atoms with van der Waals surface area (Å²) in [4.78, 5) is 17.3. The first kappa shape index (κ1) is 13.4. The number of carbonyl (C=O) groups is 1. The SMILES string of the molecule is CN1CCC[C@H]1[C@@H]1CCCN1C(=O)CC1CCCC1. The number of nitrogens with zero attached hydrogens (tertiary/aromatic N) is 2. The molecular formula is C16H28N2O. The van der Waals surface area contributed by atoms with Crippen molar-refractivity contribution in [1.82, 2.24) is 9.80 Å². The van der Waals surface area contributed by atoms with Crippen molar-refractivity contribution in [2.45, 2.75) is 69.9 Å². The molecule has 0 spiro atoms. The summed E-state index contributed by atoms with van der Waals surface area (Å²) in [6.45, 7) is 2.23. The number of carbonyl (C=O) groups excluding carboxylic acids is 1. The van der Waals surface area contributed by atoms with Crippen molar-refractivity contribution in [2.24, 2.45) is 5.92 Å². The molecule has 1 aliphatic carbocycles. The van der Waals surface area contributed by atoms with Crippen molar-refractivity contribution in [3.8, 4) is 0 Å². The van der Waals surface area contributed by atoms with Gasteiger partial charge in [0.1, 0.15) is 0 Å². The van der Waals surface area contributed by atoms with Crippen molar-refractivity contribution in [3.63, 3.8) is 0 Å². The average Bonchev–Trinajstić information content (AvgIpc) is 3.07. The molecule has 1 amide bonds. The molecular weight excluding hydrogens is 236 g/mol. The van der Waals surface area contributed by atoms with Gasteiger partial charge in [0.2, 0.25) is 5.91 Å². The molecule has 0 unspecified atom stereocenters. The maximum absolute atomic E-state index is 12.6. The second-order valence-electron chi connectivity index (χ2n) is 6.84. The summed E-state index contributed by atoms with van der Waals surface area (Å²) < 4.78 is 0. The van der Waals surface area contributed by atoms with E-state index in [1.165, 1.54) is 57.9 Å². The lowest BCUT2D eigenvalue weighted by Gasteiger charge is -2.33. The largest absolute Gasteiger partial charge is 0.338 e. The Morgan fingerprint density at radius 2 is 1.63 bits per heavy atom. The summed E-state index contributed by atoms with van der Waals surface area (Å²) in [5.74, 6) is 1.14. The average molecular weight is 264 g/mol. The predicted octanol–water partition coefficient (Wildman–Crippen LogP) is 2.65. The molecule has 3 rings (SSSR count). The summed E-state index contributed by atoms with van der Waals surface area (Å²) in [5.41, 5.74) is 0. The molecule has 19 heavy (non-hydrogen) atoms. The number of rotatable bonds is 3. The number of likely N-dealkylation sites (N-methyl/N-ethyl adjacent to an activating group) is 1. The van der Waals surface area contributed by atoms with Gasteiger partial charge in [-0.3, -0.25) is 4.79 Å². The zero-order valence-electron chi connectivity index (χ0n) is 12.3. The van der Waals surface area contributed by atoms with E-state index in [1.807, 2.05) is 0 Å². The van der Waals surface area contributed by atoms with Gasteiger partial charge in [0.05, 0.1) is 0 Å². The molecule has 3 aliphatic rings. The molecule has 0 aromatic rings. The highest BCUT2D eigenvalue weighted by Gasteiger charge is 2.38. The van der Waals surface area contributed by atoms with Crippen LogP contribution in [0.1, 0.15) is 57.8 Å². The molecule has 2 aliphatic heterocycles. The van der Waals surface area contributed by atoms with Crippen molar-refractivity contribution in [1.29, 1.82) is 0 Å². The van der Waals surface area contributed by atoms with Crippen LogP contribution in [-0.2, 0) is 4.79 Å². The van der Waals surface area contributed by atoms with E-state index < -0.39 is 0 Å². The molecule has 0 aromatic heterocycles. The second-order valence-corrected chi connectivity index (χ2v) is 6.84. The maximum Gasteiger partial charge on any atom is 0.223 e. The molecule has 0 bridgehead atoms. The Morgan fingerprint density at radius 3 is 2.32 bits per heavy atom. The predicted molar refractivity (Wildman–Crippen MR) is 77.0 cm³/mol. The molecule has 2 heterocycles. The van der Waals surface area contributed by atoms with Gasteiger partial charge < -0.3 is 9.80 Å². The Balaban J connectivity index is 1.60. The first-order chi connectivity index (χ1) is 9.25. The van der Waals surface area contributed by atoms with Crippen LogP contribution in [0.3, 0.4) is 0 Å². The maximum atomic E-state index is 12.6. The molecule has 0 aromatic carbocycles. The van der Waals surface area contributed by atoms with E-state index in [0.29, 0.717) is 23.9 Å². The van der Waals surface area contributed by atoms with Crippen LogP contribution in [0.15, 0.2) is 0 Å². The van der Waals surface area contributed by atoms with E-state index in [9.17, 15) is 4.79 Å². The third kappa shape index (κ3) is 2.81. The van der Waals surface area contributed by atoms with Gasteiger partial charge in [-0.2, -0.15) is 0 Å². The summed E-state index contributed by atoms with van der Waals surface area (Å²) in [7, 11) is 2.23. The lowest BCUT2D eigenvalue weighted by Crippen LogP contribution is -2.47. The molecule has 0 N–H and O–H groups in total. The molecule has 108 valence electrons. The highest BCUT2D eigenvalue weighted by atomic mass is 16.2. The Morgan fingerprint density at radius 1 is 0.947 bits per heavy atom. The summed E-state index contributed by atoms with van der Waals surface area (Å²) >= 11 is 0. The lowest BCUT2D eigenvalue weighted by atomic mass is 10.0. The molecule has 3 fully saturated rings. The van der Waals surface area contributed by atoms with Crippen LogP contribution in [0.4, 0.5) is 0 Å². The van der Waals surface area contributed by atoms with Crippen LogP contribution in [0.5, 0.6) is 0 Å². The fourth-order valence-electron chi connectivity index (χ4n) is 4.50. The van der Waals surface area contributed by atoms with Crippen molar-refractivity contribution < 1.29 is 4.79 Å². The van der Waals surface area contributed by atoms with Crippen LogP contribution in [0.2, 0.25) is 0 Å². The zero-order chi connectivity index (χ0) is 13.2. The monoisotopic (exact) mass is 264 g/mol. The topological polar surface area (TPSA) is 23.6 Å². The van der Waals surface area contributed by atoms with Gasteiger partial charge in [-0.25, -0.2) is 0 Å². The Hall–Kier alpha value is -0.570. The normalized spacial score (nSPS) is 33.4. The van der Waals surface area contributed by atoms with Crippen LogP contribution < -0.4 is 0 Å². The number of hydrogen-bond acceptors (Lipinski definition) is 2.